The molecular weight excluding hydrogens is 1220 g/mol. The van der Waals surface area contributed by atoms with Gasteiger partial charge in [0.25, 0.3) is 0 Å². The topological polar surface area (TPSA) is 237 Å². The van der Waals surface area contributed by atoms with Crippen molar-refractivity contribution in [1.82, 2.24) is 0 Å². The number of aliphatic hydroxyl groups is 1. The van der Waals surface area contributed by atoms with Gasteiger partial charge in [0.15, 0.2) is 12.2 Å². The van der Waals surface area contributed by atoms with Gasteiger partial charge in [-0.3, -0.25) is 37.3 Å². The van der Waals surface area contributed by atoms with Crippen LogP contribution in [0.1, 0.15) is 382 Å². The third-order valence-electron chi connectivity index (χ3n) is 17.6. The van der Waals surface area contributed by atoms with Crippen molar-refractivity contribution in [1.29, 1.82) is 0 Å². The number of carbonyl (C=O) groups is 4. The summed E-state index contributed by atoms with van der Waals surface area (Å²) < 4.78 is 68.4. The minimum atomic E-state index is -4.96. The van der Waals surface area contributed by atoms with Crippen LogP contribution in [0.15, 0.2) is 0 Å². The highest BCUT2D eigenvalue weighted by atomic mass is 31.2. The maximum atomic E-state index is 13.1. The van der Waals surface area contributed by atoms with E-state index in [0.29, 0.717) is 25.7 Å². The third-order valence-corrected chi connectivity index (χ3v) is 19.5. The Bertz CT molecular complexity index is 1810. The van der Waals surface area contributed by atoms with Gasteiger partial charge in [0.2, 0.25) is 0 Å². The Labute approximate surface area is 568 Å². The molecule has 3 unspecified atom stereocenters. The second-order valence-corrected chi connectivity index (χ2v) is 30.3. The fourth-order valence-electron chi connectivity index (χ4n) is 11.3. The van der Waals surface area contributed by atoms with Crippen LogP contribution < -0.4 is 0 Å². The smallest absolute Gasteiger partial charge is 0.462 e. The van der Waals surface area contributed by atoms with Crippen molar-refractivity contribution in [2.75, 3.05) is 39.6 Å². The Kier molecular flexibility index (Phi) is 64.6. The van der Waals surface area contributed by atoms with Crippen molar-refractivity contribution in [3.63, 3.8) is 0 Å². The van der Waals surface area contributed by atoms with Crippen molar-refractivity contribution >= 4 is 39.5 Å². The van der Waals surface area contributed by atoms with Crippen molar-refractivity contribution in [2.45, 2.75) is 400 Å². The predicted molar refractivity (Wildman–Crippen MR) is 377 cm³/mol. The zero-order valence-electron chi connectivity index (χ0n) is 60.6. The highest BCUT2D eigenvalue weighted by Crippen LogP contribution is 2.45. The van der Waals surface area contributed by atoms with Crippen LogP contribution in [-0.4, -0.2) is 96.7 Å². The van der Waals surface area contributed by atoms with Crippen molar-refractivity contribution in [3.8, 4) is 0 Å². The van der Waals surface area contributed by atoms with Gasteiger partial charge < -0.3 is 33.8 Å². The number of carbonyl (C=O) groups excluding carboxylic acids is 4. The molecule has 0 aromatic rings. The van der Waals surface area contributed by atoms with E-state index in [2.05, 4.69) is 41.5 Å². The lowest BCUT2D eigenvalue weighted by atomic mass is 9.99. The second kappa shape index (κ2) is 66.0. The molecule has 0 aromatic carbocycles. The highest BCUT2D eigenvalue weighted by molar-refractivity contribution is 7.47. The van der Waals surface area contributed by atoms with Gasteiger partial charge in [0.1, 0.15) is 19.3 Å². The van der Waals surface area contributed by atoms with Crippen LogP contribution in [0.4, 0.5) is 0 Å². The molecule has 0 fully saturated rings. The lowest BCUT2D eigenvalue weighted by Gasteiger charge is -2.21. The molecule has 0 aliphatic carbocycles. The lowest BCUT2D eigenvalue weighted by molar-refractivity contribution is -0.161. The largest absolute Gasteiger partial charge is 0.472 e. The first-order chi connectivity index (χ1) is 44.9. The summed E-state index contributed by atoms with van der Waals surface area (Å²) in [6.07, 6.45) is 52.9. The summed E-state index contributed by atoms with van der Waals surface area (Å²) in [5, 5.41) is 10.6. The fourth-order valence-corrected chi connectivity index (χ4v) is 12.8. The Hall–Kier alpha value is -1.94. The first-order valence-electron chi connectivity index (χ1n) is 38.5. The molecule has 0 aliphatic heterocycles. The van der Waals surface area contributed by atoms with E-state index in [1.165, 1.54) is 193 Å². The summed E-state index contributed by atoms with van der Waals surface area (Å²) >= 11 is 0. The summed E-state index contributed by atoms with van der Waals surface area (Å²) in [6, 6.07) is 0. The molecule has 0 rings (SSSR count). The minimum Gasteiger partial charge on any atom is -0.462 e. The molecule has 17 nitrogen and oxygen atoms in total. The fraction of sp³-hybridized carbons (Fsp3) is 0.946. The molecule has 0 saturated carbocycles. The molecule has 93 heavy (non-hydrogen) atoms. The first-order valence-corrected chi connectivity index (χ1v) is 41.5. The maximum Gasteiger partial charge on any atom is 0.472 e. The molecule has 19 heteroatoms. The van der Waals surface area contributed by atoms with Gasteiger partial charge in [-0.1, -0.05) is 330 Å². The Balaban J connectivity index is 5.19. The Morgan fingerprint density at radius 3 is 0.817 bits per heavy atom. The van der Waals surface area contributed by atoms with E-state index in [1.54, 1.807) is 0 Å². The van der Waals surface area contributed by atoms with Crippen LogP contribution in [0, 0.1) is 11.8 Å². The maximum absolute atomic E-state index is 13.1. The zero-order valence-corrected chi connectivity index (χ0v) is 62.3. The van der Waals surface area contributed by atoms with Gasteiger partial charge in [0, 0.05) is 25.7 Å². The number of phosphoric ester groups is 2. The summed E-state index contributed by atoms with van der Waals surface area (Å²) in [5.41, 5.74) is 0. The average Bonchev–Trinajstić information content (AvgIpc) is 2.18. The summed E-state index contributed by atoms with van der Waals surface area (Å²) in [7, 11) is -9.90. The SMILES string of the molecule is CCCCCCCCCCCCCCCCCCCCCCC(=O)O[C@H](COC(=O)CCCCCCCCCCCCC(C)CC)COP(=O)(O)OC[C@@H](O)COP(=O)(O)OC[C@@H](COC(=O)CCCCCCCCCC)OC(=O)CCCCCCCCCCC(C)C. The van der Waals surface area contributed by atoms with Crippen LogP contribution in [0.2, 0.25) is 0 Å². The van der Waals surface area contributed by atoms with Crippen LogP contribution in [0.3, 0.4) is 0 Å². The number of aliphatic hydroxyl groups excluding tert-OH is 1. The quantitative estimate of drug-likeness (QED) is 0.0222. The number of hydrogen-bond acceptors (Lipinski definition) is 15. The average molecular weight is 1370 g/mol. The molecule has 6 atom stereocenters. The van der Waals surface area contributed by atoms with Gasteiger partial charge in [-0.15, -0.1) is 0 Å². The molecular formula is C74H144O17P2. The summed E-state index contributed by atoms with van der Waals surface area (Å²) in [5.74, 6) is -0.595. The van der Waals surface area contributed by atoms with Crippen molar-refractivity contribution in [3.05, 3.63) is 0 Å². The second-order valence-electron chi connectivity index (χ2n) is 27.4. The van der Waals surface area contributed by atoms with Crippen LogP contribution in [0.25, 0.3) is 0 Å². The number of phosphoric acid groups is 2. The van der Waals surface area contributed by atoms with E-state index < -0.39 is 97.5 Å². The molecule has 552 valence electrons. The number of hydrogen-bond donors (Lipinski definition) is 3. The molecule has 0 saturated heterocycles. The molecule has 0 radical (unpaired) electrons. The molecule has 3 N–H and O–H groups in total. The van der Waals surface area contributed by atoms with E-state index >= 15 is 0 Å². The predicted octanol–water partition coefficient (Wildman–Crippen LogP) is 21.6. The van der Waals surface area contributed by atoms with Crippen LogP contribution >= 0.6 is 15.6 Å². The normalized spacial score (nSPS) is 14.3. The number of unbranched alkanes of at least 4 members (excludes halogenated alkanes) is 42. The van der Waals surface area contributed by atoms with E-state index in [0.717, 1.165) is 108 Å². The van der Waals surface area contributed by atoms with Crippen LogP contribution in [-0.2, 0) is 65.4 Å². The number of rotatable bonds is 73. The van der Waals surface area contributed by atoms with Crippen LogP contribution in [0.5, 0.6) is 0 Å². The summed E-state index contributed by atoms with van der Waals surface area (Å²) in [4.78, 5) is 72.6. The Morgan fingerprint density at radius 1 is 0.312 bits per heavy atom. The minimum absolute atomic E-state index is 0.104. The van der Waals surface area contributed by atoms with E-state index in [4.69, 9.17) is 37.0 Å². The number of esters is 4. The van der Waals surface area contributed by atoms with E-state index in [9.17, 15) is 43.2 Å². The molecule has 0 aliphatic rings. The molecule has 0 amide bonds. The van der Waals surface area contributed by atoms with E-state index in [-0.39, 0.29) is 25.7 Å². The van der Waals surface area contributed by atoms with Gasteiger partial charge in [-0.25, -0.2) is 9.13 Å². The van der Waals surface area contributed by atoms with Gasteiger partial charge >= 0.3 is 39.5 Å². The van der Waals surface area contributed by atoms with Crippen molar-refractivity contribution in [2.24, 2.45) is 11.8 Å². The summed E-state index contributed by atoms with van der Waals surface area (Å²) in [6.45, 7) is 9.54. The van der Waals surface area contributed by atoms with E-state index in [1.807, 2.05) is 0 Å². The molecule has 0 aromatic heterocycles. The first kappa shape index (κ1) is 91.1. The molecule has 0 bridgehead atoms. The van der Waals surface area contributed by atoms with Crippen molar-refractivity contribution < 1.29 is 80.2 Å². The number of ether oxygens (including phenoxy) is 4. The Morgan fingerprint density at radius 2 is 0.548 bits per heavy atom. The standard InChI is InChI=1S/C74H144O17P2/c1-7-10-12-14-16-18-19-20-21-22-23-24-25-26-27-28-33-40-46-52-58-73(78)90-70(63-85-72(77)57-51-45-39-32-30-29-31-37-43-49-55-67(6)9-3)65-89-93(82,83)87-61-68(75)60-86-92(80,81)88-64-69(62-84-71(76)56-50-44-38-17-15-13-11-8-2)91-74(79)59-53-47-41-35-34-36-42-48-54-66(4)5/h66-70,75H,7-65H2,1-6H3,(H,80,81)(H,82,83)/t67?,68-,69+,70+/m0/s1. The lowest BCUT2D eigenvalue weighted by Crippen LogP contribution is -2.30. The van der Waals surface area contributed by atoms with Gasteiger partial charge in [0.05, 0.1) is 26.4 Å². The molecule has 0 heterocycles. The zero-order chi connectivity index (χ0) is 68.6. The highest BCUT2D eigenvalue weighted by Gasteiger charge is 2.30. The van der Waals surface area contributed by atoms with Gasteiger partial charge in [-0.2, -0.15) is 0 Å². The monoisotopic (exact) mass is 1370 g/mol. The third kappa shape index (κ3) is 67.0. The molecule has 0 spiro atoms. The van der Waals surface area contributed by atoms with Gasteiger partial charge in [-0.05, 0) is 37.5 Å².